The summed E-state index contributed by atoms with van der Waals surface area (Å²) in [7, 11) is 1.60. The van der Waals surface area contributed by atoms with Crippen molar-refractivity contribution in [2.24, 2.45) is 11.7 Å². The molecule has 0 aliphatic heterocycles. The summed E-state index contributed by atoms with van der Waals surface area (Å²) < 4.78 is 10.6. The fraction of sp³-hybridized carbons (Fsp3) is 0.588. The van der Waals surface area contributed by atoms with Crippen molar-refractivity contribution in [2.45, 2.75) is 38.1 Å². The van der Waals surface area contributed by atoms with Gasteiger partial charge in [0.05, 0.1) is 7.11 Å². The van der Waals surface area contributed by atoms with Crippen molar-refractivity contribution >= 4 is 18.3 Å². The number of methoxy groups -OCH3 is 1. The van der Waals surface area contributed by atoms with Crippen LogP contribution in [-0.4, -0.2) is 32.2 Å². The maximum absolute atomic E-state index is 12.1. The Bertz CT molecular complexity index is 479. The van der Waals surface area contributed by atoms with Crippen molar-refractivity contribution in [1.82, 2.24) is 5.32 Å². The summed E-state index contributed by atoms with van der Waals surface area (Å²) in [6, 6.07) is 7.28. The number of halogens is 1. The summed E-state index contributed by atoms with van der Waals surface area (Å²) in [5.74, 6) is 1.71. The SMILES string of the molecule is COc1cccc(OCC(=O)NC(CN)C2CCCCC2)c1.Cl. The van der Waals surface area contributed by atoms with Gasteiger partial charge in [-0.15, -0.1) is 12.4 Å². The first-order valence-corrected chi connectivity index (χ1v) is 7.99. The van der Waals surface area contributed by atoms with Gasteiger partial charge in [0.25, 0.3) is 5.91 Å². The van der Waals surface area contributed by atoms with E-state index in [0.29, 0.717) is 24.0 Å². The molecule has 0 heterocycles. The van der Waals surface area contributed by atoms with Crippen LogP contribution in [0.15, 0.2) is 24.3 Å². The average Bonchev–Trinajstić information content (AvgIpc) is 2.58. The zero-order chi connectivity index (χ0) is 15.8. The van der Waals surface area contributed by atoms with Crippen LogP contribution < -0.4 is 20.5 Å². The van der Waals surface area contributed by atoms with Gasteiger partial charge < -0.3 is 20.5 Å². The summed E-state index contributed by atoms with van der Waals surface area (Å²) in [6.07, 6.45) is 6.06. The largest absolute Gasteiger partial charge is 0.497 e. The summed E-state index contributed by atoms with van der Waals surface area (Å²) in [5, 5.41) is 3.02. The first kappa shape index (κ1) is 19.6. The molecule has 0 bridgehead atoms. The minimum Gasteiger partial charge on any atom is -0.497 e. The maximum atomic E-state index is 12.1. The first-order chi connectivity index (χ1) is 10.7. The van der Waals surface area contributed by atoms with Gasteiger partial charge in [-0.1, -0.05) is 25.3 Å². The Kier molecular flexibility index (Phi) is 8.81. The van der Waals surface area contributed by atoms with Gasteiger partial charge in [-0.25, -0.2) is 0 Å². The highest BCUT2D eigenvalue weighted by molar-refractivity contribution is 5.85. The fourth-order valence-corrected chi connectivity index (χ4v) is 2.99. The molecule has 1 aliphatic rings. The highest BCUT2D eigenvalue weighted by atomic mass is 35.5. The zero-order valence-electron chi connectivity index (χ0n) is 13.6. The summed E-state index contributed by atoms with van der Waals surface area (Å²) in [6.45, 7) is 0.478. The quantitative estimate of drug-likeness (QED) is 0.798. The van der Waals surface area contributed by atoms with Crippen molar-refractivity contribution in [3.05, 3.63) is 24.3 Å². The Morgan fingerprint density at radius 1 is 1.30 bits per heavy atom. The Morgan fingerprint density at radius 3 is 2.65 bits per heavy atom. The third kappa shape index (κ3) is 6.28. The highest BCUT2D eigenvalue weighted by Crippen LogP contribution is 2.26. The van der Waals surface area contributed by atoms with Crippen molar-refractivity contribution in [1.29, 1.82) is 0 Å². The Labute approximate surface area is 144 Å². The number of ether oxygens (including phenoxy) is 2. The molecule has 1 aromatic rings. The van der Waals surface area contributed by atoms with Crippen LogP contribution in [0.5, 0.6) is 11.5 Å². The standard InChI is InChI=1S/C17H26N2O3.ClH/c1-21-14-8-5-9-15(10-14)22-12-17(20)19-16(11-18)13-6-3-2-4-7-13;/h5,8-10,13,16H,2-4,6-7,11-12,18H2,1H3,(H,19,20);1H. The number of nitrogens with one attached hydrogen (secondary N) is 1. The second kappa shape index (κ2) is 10.3. The lowest BCUT2D eigenvalue weighted by Gasteiger charge is -2.30. The predicted octanol–water partition coefficient (Wildman–Crippen LogP) is 2.52. The number of hydrogen-bond acceptors (Lipinski definition) is 4. The number of amides is 1. The van der Waals surface area contributed by atoms with E-state index in [1.54, 1.807) is 19.2 Å². The Balaban J connectivity index is 0.00000264. The second-order valence-corrected chi connectivity index (χ2v) is 5.78. The molecule has 3 N–H and O–H groups in total. The van der Waals surface area contributed by atoms with E-state index < -0.39 is 0 Å². The molecule has 6 heteroatoms. The molecule has 1 aromatic carbocycles. The molecule has 1 saturated carbocycles. The van der Waals surface area contributed by atoms with Crippen molar-refractivity contribution in [3.8, 4) is 11.5 Å². The monoisotopic (exact) mass is 342 g/mol. The smallest absolute Gasteiger partial charge is 0.258 e. The number of hydrogen-bond donors (Lipinski definition) is 2. The van der Waals surface area contributed by atoms with E-state index in [9.17, 15) is 4.79 Å². The van der Waals surface area contributed by atoms with Gasteiger partial charge in [0.15, 0.2) is 6.61 Å². The third-order valence-corrected chi connectivity index (χ3v) is 4.23. The van der Waals surface area contributed by atoms with Crippen LogP contribution in [0.3, 0.4) is 0 Å². The Hall–Kier alpha value is -1.46. The fourth-order valence-electron chi connectivity index (χ4n) is 2.99. The molecule has 1 unspecified atom stereocenters. The predicted molar refractivity (Wildman–Crippen MR) is 93.3 cm³/mol. The molecule has 0 saturated heterocycles. The van der Waals surface area contributed by atoms with Crippen LogP contribution in [-0.2, 0) is 4.79 Å². The average molecular weight is 343 g/mol. The molecule has 0 aromatic heterocycles. The molecular weight excluding hydrogens is 316 g/mol. The third-order valence-electron chi connectivity index (χ3n) is 4.23. The van der Waals surface area contributed by atoms with Crippen LogP contribution in [0.25, 0.3) is 0 Å². The molecule has 2 rings (SSSR count). The lowest BCUT2D eigenvalue weighted by molar-refractivity contribution is -0.124. The summed E-state index contributed by atoms with van der Waals surface area (Å²) >= 11 is 0. The van der Waals surface area contributed by atoms with Gasteiger partial charge in [0.1, 0.15) is 11.5 Å². The number of carbonyl (C=O) groups excluding carboxylic acids is 1. The van der Waals surface area contributed by atoms with Crippen LogP contribution >= 0.6 is 12.4 Å². The summed E-state index contributed by atoms with van der Waals surface area (Å²) in [4.78, 5) is 12.1. The number of carbonyl (C=O) groups is 1. The van der Waals surface area contributed by atoms with E-state index in [-0.39, 0.29) is 31.0 Å². The molecule has 23 heavy (non-hydrogen) atoms. The lowest BCUT2D eigenvalue weighted by atomic mass is 9.84. The van der Waals surface area contributed by atoms with Gasteiger partial charge in [0.2, 0.25) is 0 Å². The number of nitrogens with two attached hydrogens (primary N) is 1. The topological polar surface area (TPSA) is 73.6 Å². The molecule has 1 fully saturated rings. The normalized spacial score (nSPS) is 16.1. The molecule has 130 valence electrons. The number of benzene rings is 1. The minimum atomic E-state index is -0.121. The summed E-state index contributed by atoms with van der Waals surface area (Å²) in [5.41, 5.74) is 5.82. The molecule has 0 spiro atoms. The zero-order valence-corrected chi connectivity index (χ0v) is 14.4. The van der Waals surface area contributed by atoms with Crippen LogP contribution in [0, 0.1) is 5.92 Å². The molecular formula is C17H27ClN2O3. The van der Waals surface area contributed by atoms with E-state index in [2.05, 4.69) is 5.32 Å². The van der Waals surface area contributed by atoms with E-state index in [4.69, 9.17) is 15.2 Å². The van der Waals surface area contributed by atoms with E-state index >= 15 is 0 Å². The van der Waals surface area contributed by atoms with E-state index in [1.165, 1.54) is 19.3 Å². The van der Waals surface area contributed by atoms with Crippen molar-refractivity contribution < 1.29 is 14.3 Å². The van der Waals surface area contributed by atoms with Crippen molar-refractivity contribution in [2.75, 3.05) is 20.3 Å². The van der Waals surface area contributed by atoms with Crippen LogP contribution in [0.2, 0.25) is 0 Å². The molecule has 0 radical (unpaired) electrons. The van der Waals surface area contributed by atoms with Gasteiger partial charge in [-0.05, 0) is 30.9 Å². The maximum Gasteiger partial charge on any atom is 0.258 e. The van der Waals surface area contributed by atoms with Crippen molar-refractivity contribution in [3.63, 3.8) is 0 Å². The van der Waals surface area contributed by atoms with Gasteiger partial charge in [-0.2, -0.15) is 0 Å². The minimum absolute atomic E-state index is 0. The van der Waals surface area contributed by atoms with Crippen LogP contribution in [0.1, 0.15) is 32.1 Å². The molecule has 1 aliphatic carbocycles. The lowest BCUT2D eigenvalue weighted by Crippen LogP contribution is -2.47. The van der Waals surface area contributed by atoms with Gasteiger partial charge in [-0.3, -0.25) is 4.79 Å². The first-order valence-electron chi connectivity index (χ1n) is 7.99. The molecule has 5 nitrogen and oxygen atoms in total. The second-order valence-electron chi connectivity index (χ2n) is 5.78. The van der Waals surface area contributed by atoms with Crippen LogP contribution in [0.4, 0.5) is 0 Å². The van der Waals surface area contributed by atoms with Gasteiger partial charge >= 0.3 is 0 Å². The number of rotatable bonds is 7. The highest BCUT2D eigenvalue weighted by Gasteiger charge is 2.23. The van der Waals surface area contributed by atoms with Gasteiger partial charge in [0, 0.05) is 18.7 Å². The molecule has 1 amide bonds. The Morgan fingerprint density at radius 2 is 2.00 bits per heavy atom. The van der Waals surface area contributed by atoms with E-state index in [1.807, 2.05) is 12.1 Å². The van der Waals surface area contributed by atoms with E-state index in [0.717, 1.165) is 12.8 Å². The molecule has 1 atom stereocenters.